The van der Waals surface area contributed by atoms with Gasteiger partial charge in [0.25, 0.3) is 0 Å². The Hall–Kier alpha value is -2.98. The molecule has 2 aromatic heterocycles. The summed E-state index contributed by atoms with van der Waals surface area (Å²) in [5, 5.41) is 7.21. The molecule has 4 heteroatoms. The highest BCUT2D eigenvalue weighted by atomic mass is 79.9. The number of aryl methyl sites for hydroxylation is 2. The van der Waals surface area contributed by atoms with Crippen LogP contribution in [0.4, 0.5) is 0 Å². The first kappa shape index (κ1) is 17.1. The fraction of sp³-hybridized carbons (Fsp3) is 0.0833. The predicted molar refractivity (Wildman–Crippen MR) is 119 cm³/mol. The molecule has 0 saturated carbocycles. The van der Waals surface area contributed by atoms with Crippen molar-refractivity contribution < 1.29 is 0 Å². The van der Waals surface area contributed by atoms with Gasteiger partial charge < -0.3 is 0 Å². The van der Waals surface area contributed by atoms with E-state index in [1.807, 2.05) is 18.3 Å². The summed E-state index contributed by atoms with van der Waals surface area (Å²) in [6.07, 6.45) is 1.95. The molecule has 0 atom stereocenters. The minimum atomic E-state index is 0.944. The summed E-state index contributed by atoms with van der Waals surface area (Å²) in [6.45, 7) is 4.21. The molecule has 5 rings (SSSR count). The molecule has 0 radical (unpaired) electrons. The second kappa shape index (κ2) is 6.57. The average Bonchev–Trinajstić information content (AvgIpc) is 3.09. The summed E-state index contributed by atoms with van der Waals surface area (Å²) in [7, 11) is 0. The SMILES string of the molecule is Cc1ccc(-n2nc(-c3ccc(Br)cc3)c3cnc4ccc(C)cc4c32)cc1. The molecule has 0 spiro atoms. The summed E-state index contributed by atoms with van der Waals surface area (Å²) in [5.41, 5.74) is 7.59. The van der Waals surface area contributed by atoms with Gasteiger partial charge >= 0.3 is 0 Å². The van der Waals surface area contributed by atoms with Crippen LogP contribution in [0.2, 0.25) is 0 Å². The summed E-state index contributed by atoms with van der Waals surface area (Å²) >= 11 is 3.52. The first-order chi connectivity index (χ1) is 13.6. The Morgan fingerprint density at radius 1 is 0.786 bits per heavy atom. The third kappa shape index (κ3) is 2.81. The lowest BCUT2D eigenvalue weighted by atomic mass is 10.1. The smallest absolute Gasteiger partial charge is 0.102 e. The molecule has 136 valence electrons. The van der Waals surface area contributed by atoms with Crippen LogP contribution in [0.25, 0.3) is 38.8 Å². The lowest BCUT2D eigenvalue weighted by molar-refractivity contribution is 0.917. The largest absolute Gasteiger partial charge is 0.255 e. The van der Waals surface area contributed by atoms with Gasteiger partial charge in [-0.2, -0.15) is 5.10 Å². The van der Waals surface area contributed by atoms with Gasteiger partial charge in [0.2, 0.25) is 0 Å². The van der Waals surface area contributed by atoms with Crippen LogP contribution in [0.15, 0.2) is 77.4 Å². The first-order valence-electron chi connectivity index (χ1n) is 9.21. The van der Waals surface area contributed by atoms with E-state index >= 15 is 0 Å². The number of rotatable bonds is 2. The zero-order chi connectivity index (χ0) is 19.3. The van der Waals surface area contributed by atoms with Crippen molar-refractivity contribution in [2.45, 2.75) is 13.8 Å². The Balaban J connectivity index is 1.90. The minimum absolute atomic E-state index is 0.944. The van der Waals surface area contributed by atoms with Gasteiger partial charge in [0.1, 0.15) is 5.69 Å². The van der Waals surface area contributed by atoms with Gasteiger partial charge in [0.15, 0.2) is 0 Å². The molecule has 0 aliphatic heterocycles. The van der Waals surface area contributed by atoms with Crippen molar-refractivity contribution >= 4 is 37.7 Å². The van der Waals surface area contributed by atoms with Gasteiger partial charge in [-0.1, -0.05) is 57.4 Å². The number of fused-ring (bicyclic) bond motifs is 3. The van der Waals surface area contributed by atoms with Gasteiger partial charge in [-0.3, -0.25) is 4.98 Å². The number of pyridine rings is 1. The van der Waals surface area contributed by atoms with E-state index in [2.05, 4.69) is 89.1 Å². The van der Waals surface area contributed by atoms with Crippen molar-refractivity contribution in [1.82, 2.24) is 14.8 Å². The zero-order valence-electron chi connectivity index (χ0n) is 15.6. The van der Waals surface area contributed by atoms with E-state index < -0.39 is 0 Å². The summed E-state index contributed by atoms with van der Waals surface area (Å²) in [4.78, 5) is 4.71. The van der Waals surface area contributed by atoms with E-state index in [0.29, 0.717) is 0 Å². The van der Waals surface area contributed by atoms with Crippen LogP contribution in [0.3, 0.4) is 0 Å². The van der Waals surface area contributed by atoms with E-state index in [-0.39, 0.29) is 0 Å². The average molecular weight is 428 g/mol. The van der Waals surface area contributed by atoms with Crippen LogP contribution in [0.5, 0.6) is 0 Å². The van der Waals surface area contributed by atoms with Gasteiger partial charge in [-0.05, 0) is 50.2 Å². The van der Waals surface area contributed by atoms with E-state index in [1.165, 1.54) is 11.1 Å². The molecule has 0 bridgehead atoms. The highest BCUT2D eigenvalue weighted by Crippen LogP contribution is 2.34. The third-order valence-corrected chi connectivity index (χ3v) is 5.59. The van der Waals surface area contributed by atoms with Crippen LogP contribution in [0.1, 0.15) is 11.1 Å². The zero-order valence-corrected chi connectivity index (χ0v) is 17.2. The minimum Gasteiger partial charge on any atom is -0.255 e. The molecular formula is C24H18BrN3. The second-order valence-corrected chi connectivity index (χ2v) is 8.06. The van der Waals surface area contributed by atoms with Crippen LogP contribution in [0, 0.1) is 13.8 Å². The molecule has 0 unspecified atom stereocenters. The molecule has 5 aromatic rings. The van der Waals surface area contributed by atoms with Gasteiger partial charge in [-0.25, -0.2) is 4.68 Å². The summed E-state index contributed by atoms with van der Waals surface area (Å²) in [5.74, 6) is 0. The maximum atomic E-state index is 5.03. The summed E-state index contributed by atoms with van der Waals surface area (Å²) in [6, 6.07) is 23.1. The molecule has 0 saturated heterocycles. The van der Waals surface area contributed by atoms with E-state index in [0.717, 1.165) is 43.2 Å². The topological polar surface area (TPSA) is 30.7 Å². The quantitative estimate of drug-likeness (QED) is 0.316. The van der Waals surface area contributed by atoms with Crippen molar-refractivity contribution in [1.29, 1.82) is 0 Å². The maximum absolute atomic E-state index is 5.03. The molecule has 0 fully saturated rings. The van der Waals surface area contributed by atoms with Crippen LogP contribution in [-0.2, 0) is 0 Å². The Bertz CT molecular complexity index is 1320. The van der Waals surface area contributed by atoms with Crippen LogP contribution >= 0.6 is 15.9 Å². The second-order valence-electron chi connectivity index (χ2n) is 7.14. The van der Waals surface area contributed by atoms with Crippen LogP contribution in [-0.4, -0.2) is 14.8 Å². The number of aromatic nitrogens is 3. The maximum Gasteiger partial charge on any atom is 0.102 e. The molecule has 0 amide bonds. The Labute approximate surface area is 171 Å². The van der Waals surface area contributed by atoms with Crippen molar-refractivity contribution in [2.75, 3.05) is 0 Å². The third-order valence-electron chi connectivity index (χ3n) is 5.06. The highest BCUT2D eigenvalue weighted by Gasteiger charge is 2.17. The van der Waals surface area contributed by atoms with Gasteiger partial charge in [0.05, 0.1) is 16.7 Å². The molecule has 0 aliphatic rings. The van der Waals surface area contributed by atoms with Gasteiger partial charge in [-0.15, -0.1) is 0 Å². The number of benzene rings is 3. The van der Waals surface area contributed by atoms with E-state index in [1.54, 1.807) is 0 Å². The molecule has 0 N–H and O–H groups in total. The van der Waals surface area contributed by atoms with Crippen molar-refractivity contribution in [2.24, 2.45) is 0 Å². The van der Waals surface area contributed by atoms with E-state index in [9.17, 15) is 0 Å². The monoisotopic (exact) mass is 427 g/mol. The molecule has 3 nitrogen and oxygen atoms in total. The van der Waals surface area contributed by atoms with E-state index in [4.69, 9.17) is 10.1 Å². The van der Waals surface area contributed by atoms with Crippen molar-refractivity contribution in [3.05, 3.63) is 88.5 Å². The lowest BCUT2D eigenvalue weighted by Crippen LogP contribution is -1.97. The number of halogens is 1. The predicted octanol–water partition coefficient (Wildman–Crippen LogP) is 6.62. The number of nitrogens with zero attached hydrogens (tertiary/aromatic N) is 3. The lowest BCUT2D eigenvalue weighted by Gasteiger charge is -2.07. The number of hydrogen-bond acceptors (Lipinski definition) is 2. The standard InChI is InChI=1S/C24H18BrN3/c1-15-3-10-19(11-4-15)28-24-20-13-16(2)5-12-22(20)26-14-21(24)23(27-28)17-6-8-18(25)9-7-17/h3-14H,1-2H3. The van der Waals surface area contributed by atoms with Crippen LogP contribution < -0.4 is 0 Å². The molecule has 3 aromatic carbocycles. The van der Waals surface area contributed by atoms with Gasteiger partial charge in [0, 0.05) is 27.0 Å². The van der Waals surface area contributed by atoms with Crippen molar-refractivity contribution in [3.63, 3.8) is 0 Å². The Kier molecular flexibility index (Phi) is 4.02. The Morgan fingerprint density at radius 2 is 1.50 bits per heavy atom. The van der Waals surface area contributed by atoms with Crippen molar-refractivity contribution in [3.8, 4) is 16.9 Å². The molecular weight excluding hydrogens is 410 g/mol. The first-order valence-corrected chi connectivity index (χ1v) is 10.0. The normalized spacial score (nSPS) is 11.4. The number of hydrogen-bond donors (Lipinski definition) is 0. The Morgan fingerprint density at radius 3 is 2.25 bits per heavy atom. The molecule has 0 aliphatic carbocycles. The fourth-order valence-corrected chi connectivity index (χ4v) is 3.86. The fourth-order valence-electron chi connectivity index (χ4n) is 3.59. The highest BCUT2D eigenvalue weighted by molar-refractivity contribution is 9.10. The molecule has 28 heavy (non-hydrogen) atoms. The summed E-state index contributed by atoms with van der Waals surface area (Å²) < 4.78 is 3.10. The molecule has 2 heterocycles.